The smallest absolute Gasteiger partial charge is 0.268 e. The Kier molecular flexibility index (Phi) is 13.8. The van der Waals surface area contributed by atoms with Crippen molar-refractivity contribution in [2.75, 3.05) is 0 Å². The molecule has 0 aliphatic rings. The van der Waals surface area contributed by atoms with Gasteiger partial charge in [-0.1, -0.05) is 219 Å². The Hall–Kier alpha value is -8.11. The second-order valence-electron chi connectivity index (χ2n) is 23.1. The van der Waals surface area contributed by atoms with Crippen LogP contribution in [-0.4, -0.2) is 14.1 Å². The molecule has 0 amide bonds. The first kappa shape index (κ1) is 52.0. The van der Waals surface area contributed by atoms with E-state index in [0.29, 0.717) is 11.5 Å². The predicted octanol–water partition coefficient (Wildman–Crippen LogP) is 17.7. The molecular weight excluding hydrogens is 1130 g/mol. The van der Waals surface area contributed by atoms with Crippen LogP contribution in [0.5, 0.6) is 11.5 Å². The zero-order valence-corrected chi connectivity index (χ0v) is 47.8. The summed E-state index contributed by atoms with van der Waals surface area (Å²) >= 11 is 0. The standard InChI is InChI=1S/C72H62N4O.Pt/c1-70(2,3)55-41-53(42-56(44-55)71(4,5)6)61-32-21-31-60(51-24-14-10-15-25-51)69(61)75-48-74(67-43-52(34-37-65(67)75)50-22-12-9-13-23-50)57-28-20-29-58(45-57)77-59-35-36-63-62-30-18-19-33-64(62)76(66(63)46-59)68-40-49(38-39-73-68)47-72(7,8)54-26-16-11-17-27-54;/h9-44H,47H2,1-8H3;/q-2;. The Bertz CT molecular complexity index is 4110. The van der Waals surface area contributed by atoms with Crippen molar-refractivity contribution in [3.8, 4) is 62.1 Å². The molecule has 0 aliphatic heterocycles. The minimum Gasteiger partial charge on any atom is -0.510 e. The number of ether oxygens (including phenoxy) is 1. The summed E-state index contributed by atoms with van der Waals surface area (Å²) in [5.41, 5.74) is 17.4. The molecule has 3 aromatic heterocycles. The molecule has 0 saturated carbocycles. The molecule has 0 fully saturated rings. The third kappa shape index (κ3) is 10.0. The van der Waals surface area contributed by atoms with Crippen LogP contribution in [-0.2, 0) is 43.7 Å². The molecule has 0 N–H and O–H groups in total. The van der Waals surface area contributed by atoms with Gasteiger partial charge in [0, 0.05) is 44.3 Å². The van der Waals surface area contributed by atoms with Crippen molar-refractivity contribution in [3.05, 3.63) is 259 Å². The van der Waals surface area contributed by atoms with E-state index in [1.165, 1.54) is 27.8 Å². The van der Waals surface area contributed by atoms with E-state index in [0.717, 1.165) is 84.3 Å². The van der Waals surface area contributed by atoms with Gasteiger partial charge in [-0.3, -0.25) is 4.57 Å². The van der Waals surface area contributed by atoms with E-state index in [1.54, 1.807) is 0 Å². The van der Waals surface area contributed by atoms with E-state index >= 15 is 0 Å². The number of rotatable bonds is 11. The Labute approximate surface area is 473 Å². The Morgan fingerprint density at radius 1 is 0.487 bits per heavy atom. The van der Waals surface area contributed by atoms with Crippen LogP contribution in [0.15, 0.2) is 219 Å². The summed E-state index contributed by atoms with van der Waals surface area (Å²) in [5, 5.41) is 2.20. The molecule has 0 bridgehead atoms. The van der Waals surface area contributed by atoms with Gasteiger partial charge in [0.05, 0.1) is 16.7 Å². The van der Waals surface area contributed by atoms with Gasteiger partial charge in [-0.25, -0.2) is 4.98 Å². The van der Waals surface area contributed by atoms with Crippen LogP contribution in [0.25, 0.3) is 83.4 Å². The molecule has 0 spiro atoms. The summed E-state index contributed by atoms with van der Waals surface area (Å²) in [5.74, 6) is 1.98. The van der Waals surface area contributed by atoms with Crippen LogP contribution in [0.3, 0.4) is 0 Å². The molecule has 0 saturated heterocycles. The summed E-state index contributed by atoms with van der Waals surface area (Å²) in [6.45, 7) is 18.4. The summed E-state index contributed by atoms with van der Waals surface area (Å²) in [6, 6.07) is 83.1. The largest absolute Gasteiger partial charge is 0.510 e. The van der Waals surface area contributed by atoms with Crippen LogP contribution in [0, 0.1) is 18.5 Å². The first-order valence-corrected chi connectivity index (χ1v) is 26.7. The monoisotopic (exact) mass is 1190 g/mol. The van der Waals surface area contributed by atoms with Gasteiger partial charge in [0.15, 0.2) is 0 Å². The van der Waals surface area contributed by atoms with Crippen molar-refractivity contribution in [1.82, 2.24) is 14.1 Å². The average Bonchev–Trinajstić information content (AvgIpc) is 4.21. The molecule has 12 rings (SSSR count). The van der Waals surface area contributed by atoms with Crippen LogP contribution in [0.1, 0.15) is 77.6 Å². The fraction of sp³-hybridized carbons (Fsp3) is 0.167. The molecule has 12 aromatic rings. The fourth-order valence-electron chi connectivity index (χ4n) is 10.9. The van der Waals surface area contributed by atoms with Gasteiger partial charge in [0.25, 0.3) is 6.33 Å². The molecular formula is C72H62N4OPt-2. The molecule has 6 heteroatoms. The van der Waals surface area contributed by atoms with Crippen LogP contribution < -0.4 is 9.30 Å². The molecule has 388 valence electrons. The Morgan fingerprint density at radius 2 is 1.12 bits per heavy atom. The number of para-hydroxylation sites is 2. The number of imidazole rings is 1. The van der Waals surface area contributed by atoms with Gasteiger partial charge in [-0.05, 0) is 114 Å². The van der Waals surface area contributed by atoms with Crippen LogP contribution in [0.2, 0.25) is 0 Å². The van der Waals surface area contributed by atoms with Gasteiger partial charge >= 0.3 is 0 Å². The normalized spacial score (nSPS) is 12.1. The molecule has 0 radical (unpaired) electrons. The van der Waals surface area contributed by atoms with E-state index in [-0.39, 0.29) is 37.3 Å². The minimum atomic E-state index is -0.0707. The summed E-state index contributed by atoms with van der Waals surface area (Å²) in [7, 11) is 0. The maximum atomic E-state index is 6.82. The number of benzene rings is 9. The van der Waals surface area contributed by atoms with E-state index in [1.807, 2.05) is 24.4 Å². The minimum absolute atomic E-state index is 0. The van der Waals surface area contributed by atoms with Crippen LogP contribution in [0.4, 0.5) is 0 Å². The maximum Gasteiger partial charge on any atom is 0.268 e. The van der Waals surface area contributed by atoms with E-state index in [2.05, 4.69) is 282 Å². The Morgan fingerprint density at radius 3 is 1.82 bits per heavy atom. The number of aromatic nitrogens is 4. The first-order chi connectivity index (χ1) is 37.2. The van der Waals surface area contributed by atoms with Gasteiger partial charge in [-0.15, -0.1) is 29.7 Å². The third-order valence-corrected chi connectivity index (χ3v) is 15.1. The summed E-state index contributed by atoms with van der Waals surface area (Å²) in [6.07, 6.45) is 6.71. The molecule has 0 unspecified atom stereocenters. The van der Waals surface area contributed by atoms with Gasteiger partial charge in [-0.2, -0.15) is 18.2 Å². The fourth-order valence-corrected chi connectivity index (χ4v) is 10.9. The number of hydrogen-bond donors (Lipinski definition) is 0. The van der Waals surface area contributed by atoms with Crippen molar-refractivity contribution >= 4 is 32.8 Å². The van der Waals surface area contributed by atoms with Crippen molar-refractivity contribution in [3.63, 3.8) is 0 Å². The molecule has 3 heterocycles. The summed E-state index contributed by atoms with van der Waals surface area (Å²) in [4.78, 5) is 4.98. The van der Waals surface area contributed by atoms with Crippen molar-refractivity contribution in [1.29, 1.82) is 0 Å². The number of nitrogens with zero attached hydrogens (tertiary/aromatic N) is 4. The third-order valence-electron chi connectivity index (χ3n) is 15.1. The zero-order valence-electron chi connectivity index (χ0n) is 45.5. The molecule has 0 aliphatic carbocycles. The average molecular weight is 1190 g/mol. The molecule has 9 aromatic carbocycles. The second-order valence-corrected chi connectivity index (χ2v) is 23.1. The van der Waals surface area contributed by atoms with E-state index in [4.69, 9.17) is 9.72 Å². The van der Waals surface area contributed by atoms with Gasteiger partial charge < -0.3 is 13.9 Å². The van der Waals surface area contributed by atoms with E-state index < -0.39 is 0 Å². The van der Waals surface area contributed by atoms with Crippen LogP contribution >= 0.6 is 0 Å². The number of hydrogen-bond acceptors (Lipinski definition) is 2. The SMILES string of the molecule is CC(C)(C)c1cc(-c2cccc(-c3ccccc3)c2-[n+]2[c-]n(-c3[c-]c(Oc4[c-]c5c(cc4)c4ccccc4n5-c4cc(CC(C)(C)c5ccccc5)ccn4)ccc3)c3cc(-c4ccccc4)ccc32)cc(C(C)(C)C)c1.[Pt]. The molecule has 78 heavy (non-hydrogen) atoms. The Balaban J connectivity index is 0.00000645. The summed E-state index contributed by atoms with van der Waals surface area (Å²) < 4.78 is 13.4. The first-order valence-electron chi connectivity index (χ1n) is 26.7. The van der Waals surface area contributed by atoms with Crippen molar-refractivity contribution in [2.24, 2.45) is 0 Å². The predicted molar refractivity (Wildman–Crippen MR) is 317 cm³/mol. The van der Waals surface area contributed by atoms with Gasteiger partial charge in [0.2, 0.25) is 0 Å². The zero-order chi connectivity index (χ0) is 53.1. The van der Waals surface area contributed by atoms with Crippen molar-refractivity contribution in [2.45, 2.75) is 78.1 Å². The number of fused-ring (bicyclic) bond motifs is 4. The number of pyridine rings is 1. The quantitative estimate of drug-likeness (QED) is 0.0956. The van der Waals surface area contributed by atoms with Crippen molar-refractivity contribution < 1.29 is 30.4 Å². The molecule has 5 nitrogen and oxygen atoms in total. The topological polar surface area (TPSA) is 35.9 Å². The maximum absolute atomic E-state index is 6.82. The van der Waals surface area contributed by atoms with Gasteiger partial charge in [0.1, 0.15) is 5.82 Å². The molecule has 0 atom stereocenters. The second kappa shape index (κ2) is 20.7. The van der Waals surface area contributed by atoms with E-state index in [9.17, 15) is 0 Å².